The molecule has 1 aromatic rings. The molecule has 1 fully saturated rings. The maximum absolute atomic E-state index is 5.99. The monoisotopic (exact) mass is 290 g/mol. The zero-order valence-corrected chi connectivity index (χ0v) is 11.8. The summed E-state index contributed by atoms with van der Waals surface area (Å²) in [6.07, 6.45) is 2.29. The smallest absolute Gasteiger partial charge is 0.165 e. The molecule has 0 amide bonds. The Bertz CT molecular complexity index is 378. The van der Waals surface area contributed by atoms with Gasteiger partial charge in [0.25, 0.3) is 0 Å². The average molecular weight is 291 g/mol. The second-order valence-electron chi connectivity index (χ2n) is 4.18. The van der Waals surface area contributed by atoms with Crippen molar-refractivity contribution in [1.29, 1.82) is 0 Å². The Kier molecular flexibility index (Phi) is 4.98. The molecule has 1 heterocycles. The molecule has 0 bridgehead atoms. The van der Waals surface area contributed by atoms with Crippen molar-refractivity contribution >= 4 is 23.2 Å². The summed E-state index contributed by atoms with van der Waals surface area (Å²) in [5, 5.41) is 0.590. The molecule has 0 aromatic heterocycles. The van der Waals surface area contributed by atoms with Crippen molar-refractivity contribution in [2.45, 2.75) is 24.8 Å². The number of hydrogen-bond donors (Lipinski definition) is 0. The van der Waals surface area contributed by atoms with Gasteiger partial charge in [0.1, 0.15) is 6.61 Å². The quantitative estimate of drug-likeness (QED) is 0.775. The first-order valence-electron chi connectivity index (χ1n) is 5.91. The predicted octanol–water partition coefficient (Wildman–Crippen LogP) is 3.65. The second kappa shape index (κ2) is 6.50. The summed E-state index contributed by atoms with van der Waals surface area (Å²) in [6, 6.07) is 3.52. The highest BCUT2D eigenvalue weighted by Crippen LogP contribution is 2.36. The van der Waals surface area contributed by atoms with Crippen LogP contribution in [0.4, 0.5) is 0 Å². The third-order valence-electron chi connectivity index (χ3n) is 2.90. The Labute approximate surface area is 117 Å². The largest absolute Gasteiger partial charge is 0.493 e. The third-order valence-corrected chi connectivity index (χ3v) is 3.40. The summed E-state index contributed by atoms with van der Waals surface area (Å²) in [5.41, 5.74) is 0.832. The third kappa shape index (κ3) is 3.22. The molecule has 0 radical (unpaired) electrons. The summed E-state index contributed by atoms with van der Waals surface area (Å²) >= 11 is 11.9. The molecule has 1 atom stereocenters. The Morgan fingerprint density at radius 3 is 2.89 bits per heavy atom. The van der Waals surface area contributed by atoms with Gasteiger partial charge >= 0.3 is 0 Å². The van der Waals surface area contributed by atoms with Gasteiger partial charge in [-0.25, -0.2) is 0 Å². The molecule has 100 valence electrons. The van der Waals surface area contributed by atoms with E-state index in [1.165, 1.54) is 0 Å². The van der Waals surface area contributed by atoms with Crippen molar-refractivity contribution in [2.24, 2.45) is 0 Å². The number of hydrogen-bond acceptors (Lipinski definition) is 3. The van der Waals surface area contributed by atoms with Crippen LogP contribution in [0.3, 0.4) is 0 Å². The Balaban J connectivity index is 2.13. The van der Waals surface area contributed by atoms with E-state index in [1.807, 2.05) is 0 Å². The van der Waals surface area contributed by atoms with Crippen LogP contribution >= 0.6 is 23.2 Å². The van der Waals surface area contributed by atoms with Gasteiger partial charge in [-0.15, -0.1) is 11.6 Å². The molecular formula is C13H16Cl2O3. The molecule has 1 aromatic carbocycles. The molecule has 0 N–H and O–H groups in total. The minimum atomic E-state index is 0.161. The lowest BCUT2D eigenvalue weighted by Gasteiger charge is -2.17. The molecule has 0 spiro atoms. The number of ether oxygens (including phenoxy) is 3. The highest BCUT2D eigenvalue weighted by molar-refractivity contribution is 6.31. The van der Waals surface area contributed by atoms with Gasteiger partial charge < -0.3 is 14.2 Å². The van der Waals surface area contributed by atoms with E-state index in [9.17, 15) is 0 Å². The van der Waals surface area contributed by atoms with Crippen LogP contribution in [0.1, 0.15) is 18.4 Å². The topological polar surface area (TPSA) is 27.7 Å². The van der Waals surface area contributed by atoms with Crippen molar-refractivity contribution in [3.05, 3.63) is 22.7 Å². The number of benzene rings is 1. The van der Waals surface area contributed by atoms with Gasteiger partial charge in [-0.05, 0) is 18.9 Å². The van der Waals surface area contributed by atoms with Crippen LogP contribution in [0.5, 0.6) is 11.5 Å². The Morgan fingerprint density at radius 2 is 2.28 bits per heavy atom. The molecule has 5 heteroatoms. The van der Waals surface area contributed by atoms with Crippen molar-refractivity contribution in [3.8, 4) is 11.5 Å². The molecule has 3 nitrogen and oxygen atoms in total. The number of methoxy groups -OCH3 is 1. The molecule has 1 saturated heterocycles. The van der Waals surface area contributed by atoms with Crippen molar-refractivity contribution in [3.63, 3.8) is 0 Å². The number of halogens is 2. The molecule has 18 heavy (non-hydrogen) atoms. The van der Waals surface area contributed by atoms with E-state index in [0.717, 1.165) is 25.0 Å². The zero-order valence-electron chi connectivity index (χ0n) is 10.2. The van der Waals surface area contributed by atoms with Gasteiger partial charge in [-0.3, -0.25) is 0 Å². The maximum Gasteiger partial charge on any atom is 0.165 e. The maximum atomic E-state index is 5.99. The van der Waals surface area contributed by atoms with Crippen LogP contribution in [0, 0.1) is 0 Å². The van der Waals surface area contributed by atoms with Gasteiger partial charge in [-0.1, -0.05) is 11.6 Å². The zero-order chi connectivity index (χ0) is 13.0. The standard InChI is InChI=1S/C13H16Cl2O3/c1-16-12-6-10(15)5-9(7-14)13(12)18-8-11-3-2-4-17-11/h5-6,11H,2-4,7-8H2,1H3. The molecule has 1 aliphatic heterocycles. The van der Waals surface area contributed by atoms with Crippen LogP contribution in [-0.2, 0) is 10.6 Å². The highest BCUT2D eigenvalue weighted by Gasteiger charge is 2.19. The summed E-state index contributed by atoms with van der Waals surface area (Å²) in [4.78, 5) is 0. The fraction of sp³-hybridized carbons (Fsp3) is 0.538. The summed E-state index contributed by atoms with van der Waals surface area (Å²) in [6.45, 7) is 1.33. The van der Waals surface area contributed by atoms with E-state index in [4.69, 9.17) is 37.4 Å². The first-order chi connectivity index (χ1) is 8.74. The van der Waals surface area contributed by atoms with Crippen LogP contribution in [0.15, 0.2) is 12.1 Å². The molecule has 2 rings (SSSR count). The van der Waals surface area contributed by atoms with Crippen molar-refractivity contribution < 1.29 is 14.2 Å². The van der Waals surface area contributed by atoms with E-state index in [-0.39, 0.29) is 6.10 Å². The molecular weight excluding hydrogens is 275 g/mol. The lowest BCUT2D eigenvalue weighted by Crippen LogP contribution is -2.17. The highest BCUT2D eigenvalue weighted by atomic mass is 35.5. The lowest BCUT2D eigenvalue weighted by molar-refractivity contribution is 0.0667. The van der Waals surface area contributed by atoms with Crippen molar-refractivity contribution in [2.75, 3.05) is 20.3 Å². The Morgan fingerprint density at radius 1 is 1.44 bits per heavy atom. The van der Waals surface area contributed by atoms with Gasteiger partial charge in [-0.2, -0.15) is 0 Å². The summed E-state index contributed by atoms with van der Waals surface area (Å²) < 4.78 is 16.6. The summed E-state index contributed by atoms with van der Waals surface area (Å²) in [5.74, 6) is 1.60. The van der Waals surface area contributed by atoms with E-state index in [1.54, 1.807) is 19.2 Å². The number of alkyl halides is 1. The van der Waals surface area contributed by atoms with Gasteiger partial charge in [0, 0.05) is 23.3 Å². The molecule has 0 aliphatic carbocycles. The first kappa shape index (κ1) is 13.8. The predicted molar refractivity (Wildman–Crippen MR) is 72.0 cm³/mol. The minimum Gasteiger partial charge on any atom is -0.493 e. The van der Waals surface area contributed by atoms with Crippen LogP contribution < -0.4 is 9.47 Å². The van der Waals surface area contributed by atoms with E-state index in [2.05, 4.69) is 0 Å². The Hall–Kier alpha value is -0.640. The molecule has 1 aliphatic rings. The van der Waals surface area contributed by atoms with E-state index < -0.39 is 0 Å². The lowest BCUT2D eigenvalue weighted by atomic mass is 10.2. The van der Waals surface area contributed by atoms with E-state index in [0.29, 0.717) is 29.0 Å². The molecule has 0 saturated carbocycles. The minimum absolute atomic E-state index is 0.161. The van der Waals surface area contributed by atoms with Gasteiger partial charge in [0.2, 0.25) is 0 Å². The normalized spacial score (nSPS) is 18.9. The summed E-state index contributed by atoms with van der Waals surface area (Å²) in [7, 11) is 1.59. The SMILES string of the molecule is COc1cc(Cl)cc(CCl)c1OCC1CCCO1. The fourth-order valence-corrected chi connectivity index (χ4v) is 2.42. The van der Waals surface area contributed by atoms with Crippen LogP contribution in [0.25, 0.3) is 0 Å². The van der Waals surface area contributed by atoms with Crippen molar-refractivity contribution in [1.82, 2.24) is 0 Å². The second-order valence-corrected chi connectivity index (χ2v) is 4.88. The van der Waals surface area contributed by atoms with Crippen LogP contribution in [0.2, 0.25) is 5.02 Å². The molecule has 1 unspecified atom stereocenters. The number of rotatable bonds is 5. The van der Waals surface area contributed by atoms with Crippen LogP contribution in [-0.4, -0.2) is 26.4 Å². The average Bonchev–Trinajstić information content (AvgIpc) is 2.89. The van der Waals surface area contributed by atoms with Gasteiger partial charge in [0.15, 0.2) is 11.5 Å². The van der Waals surface area contributed by atoms with E-state index >= 15 is 0 Å². The first-order valence-corrected chi connectivity index (χ1v) is 6.82. The fourth-order valence-electron chi connectivity index (χ4n) is 1.99. The van der Waals surface area contributed by atoms with Gasteiger partial charge in [0.05, 0.1) is 19.1 Å².